The number of hydrogen-bond acceptors (Lipinski definition) is 3. The summed E-state index contributed by atoms with van der Waals surface area (Å²) in [5.74, 6) is -1.76. The van der Waals surface area contributed by atoms with E-state index in [1.54, 1.807) is 0 Å². The van der Waals surface area contributed by atoms with Crippen LogP contribution < -0.4 is 10.3 Å². The Morgan fingerprint density at radius 2 is 1.90 bits per heavy atom. The number of benzene rings is 1. The summed E-state index contributed by atoms with van der Waals surface area (Å²) >= 11 is 0. The highest BCUT2D eigenvalue weighted by Crippen LogP contribution is 2.24. The smallest absolute Gasteiger partial charge is 0.478 e. The Kier molecular flexibility index (Phi) is 3.70. The average molecular weight is 299 g/mol. The van der Waals surface area contributed by atoms with Gasteiger partial charge in [0.15, 0.2) is 0 Å². The maximum absolute atomic E-state index is 12.2. The second kappa shape index (κ2) is 5.31. The van der Waals surface area contributed by atoms with E-state index in [0.717, 1.165) is 35.0 Å². The lowest BCUT2D eigenvalue weighted by atomic mass is 10.2. The summed E-state index contributed by atoms with van der Waals surface area (Å²) in [6.07, 6.45) is -3.83. The molecule has 8 heteroatoms. The Morgan fingerprint density at radius 3 is 2.52 bits per heavy atom. The van der Waals surface area contributed by atoms with Crippen LogP contribution in [0, 0.1) is 0 Å². The zero-order chi connectivity index (χ0) is 15.6. The first kappa shape index (κ1) is 14.6. The molecule has 110 valence electrons. The highest BCUT2D eigenvalue weighted by Gasteiger charge is 2.31. The number of carboxylic acid groups (broad SMARTS) is 1. The van der Waals surface area contributed by atoms with Crippen LogP contribution in [0.2, 0.25) is 0 Å². The first-order valence-corrected chi connectivity index (χ1v) is 5.58. The molecule has 1 aromatic heterocycles. The first-order valence-electron chi connectivity index (χ1n) is 5.58. The molecule has 0 aliphatic heterocycles. The molecule has 21 heavy (non-hydrogen) atoms. The van der Waals surface area contributed by atoms with Gasteiger partial charge in [0.2, 0.25) is 0 Å². The zero-order valence-electron chi connectivity index (χ0n) is 10.3. The van der Waals surface area contributed by atoms with Crippen molar-refractivity contribution in [3.63, 3.8) is 0 Å². The monoisotopic (exact) mass is 299 g/mol. The molecule has 1 aromatic carbocycles. The van der Waals surface area contributed by atoms with Crippen molar-refractivity contribution < 1.29 is 27.8 Å². The Labute approximate surface area is 115 Å². The number of aromatic nitrogens is 1. The van der Waals surface area contributed by atoms with E-state index in [0.29, 0.717) is 0 Å². The third kappa shape index (κ3) is 3.62. The molecule has 0 unspecified atom stereocenters. The molecule has 0 amide bonds. The van der Waals surface area contributed by atoms with Crippen molar-refractivity contribution in [1.29, 1.82) is 0 Å². The summed E-state index contributed by atoms with van der Waals surface area (Å²) < 4.78 is 41.1. The molecule has 5 nitrogen and oxygen atoms in total. The van der Waals surface area contributed by atoms with E-state index >= 15 is 0 Å². The van der Waals surface area contributed by atoms with Crippen molar-refractivity contribution in [2.24, 2.45) is 0 Å². The highest BCUT2D eigenvalue weighted by molar-refractivity contribution is 5.87. The number of alkyl halides is 3. The summed E-state index contributed by atoms with van der Waals surface area (Å²) in [4.78, 5) is 22.6. The van der Waals surface area contributed by atoms with Gasteiger partial charge in [0.1, 0.15) is 5.75 Å². The van der Waals surface area contributed by atoms with Crippen molar-refractivity contribution >= 4 is 5.97 Å². The van der Waals surface area contributed by atoms with Crippen LogP contribution in [0.4, 0.5) is 13.2 Å². The van der Waals surface area contributed by atoms with Crippen molar-refractivity contribution in [3.05, 3.63) is 58.5 Å². The second-order valence-corrected chi connectivity index (χ2v) is 3.98. The van der Waals surface area contributed by atoms with Gasteiger partial charge in [0, 0.05) is 18.3 Å². The Balaban J connectivity index is 2.47. The van der Waals surface area contributed by atoms with E-state index in [1.165, 1.54) is 12.1 Å². The van der Waals surface area contributed by atoms with Crippen LogP contribution in [0.25, 0.3) is 5.69 Å². The predicted molar refractivity (Wildman–Crippen MR) is 65.7 cm³/mol. The molecule has 0 saturated carbocycles. The number of carboxylic acids is 1. The largest absolute Gasteiger partial charge is 0.573 e. The summed E-state index contributed by atoms with van der Waals surface area (Å²) in [6, 6.07) is 6.80. The van der Waals surface area contributed by atoms with Gasteiger partial charge in [-0.15, -0.1) is 13.2 Å². The van der Waals surface area contributed by atoms with Crippen molar-refractivity contribution in [1.82, 2.24) is 4.57 Å². The maximum atomic E-state index is 12.2. The molecule has 0 aliphatic carbocycles. The van der Waals surface area contributed by atoms with E-state index in [2.05, 4.69) is 4.74 Å². The number of nitrogens with zero attached hydrogens (tertiary/aromatic N) is 1. The van der Waals surface area contributed by atoms with Gasteiger partial charge in [0.05, 0.1) is 11.3 Å². The molecule has 2 rings (SSSR count). The topological polar surface area (TPSA) is 68.5 Å². The van der Waals surface area contributed by atoms with E-state index in [-0.39, 0.29) is 11.3 Å². The number of carbonyl (C=O) groups is 1. The average Bonchev–Trinajstić information content (AvgIpc) is 2.37. The van der Waals surface area contributed by atoms with Gasteiger partial charge < -0.3 is 9.84 Å². The minimum absolute atomic E-state index is 0.0600. The normalized spacial score (nSPS) is 11.2. The lowest BCUT2D eigenvalue weighted by Gasteiger charge is -2.11. The van der Waals surface area contributed by atoms with Crippen LogP contribution in [-0.2, 0) is 0 Å². The molecular weight excluding hydrogens is 291 g/mol. The van der Waals surface area contributed by atoms with Gasteiger partial charge in [0.25, 0.3) is 5.56 Å². The molecule has 1 N–H and O–H groups in total. The molecule has 0 saturated heterocycles. The van der Waals surface area contributed by atoms with Crippen LogP contribution in [0.5, 0.6) is 5.75 Å². The summed E-state index contributed by atoms with van der Waals surface area (Å²) in [5, 5.41) is 8.87. The number of aromatic carboxylic acids is 1. The molecule has 0 bridgehead atoms. The van der Waals surface area contributed by atoms with Crippen LogP contribution in [0.15, 0.2) is 47.4 Å². The fourth-order valence-electron chi connectivity index (χ4n) is 1.65. The Hall–Kier alpha value is -2.77. The Morgan fingerprint density at radius 1 is 1.19 bits per heavy atom. The number of pyridine rings is 1. The number of hydrogen-bond donors (Lipinski definition) is 1. The zero-order valence-corrected chi connectivity index (χ0v) is 10.3. The van der Waals surface area contributed by atoms with Crippen molar-refractivity contribution in [2.45, 2.75) is 6.36 Å². The van der Waals surface area contributed by atoms with Gasteiger partial charge in [-0.05, 0) is 18.2 Å². The maximum Gasteiger partial charge on any atom is 0.573 e. The minimum Gasteiger partial charge on any atom is -0.478 e. The summed E-state index contributed by atoms with van der Waals surface area (Å²) in [6.45, 7) is 0. The fourth-order valence-corrected chi connectivity index (χ4v) is 1.65. The lowest BCUT2D eigenvalue weighted by Crippen LogP contribution is -2.19. The number of halogens is 3. The molecule has 1 heterocycles. The molecule has 0 aliphatic rings. The minimum atomic E-state index is -4.85. The van der Waals surface area contributed by atoms with Crippen molar-refractivity contribution in [2.75, 3.05) is 0 Å². The third-order valence-corrected chi connectivity index (χ3v) is 2.49. The quantitative estimate of drug-likeness (QED) is 0.945. The van der Waals surface area contributed by atoms with Gasteiger partial charge in [-0.3, -0.25) is 9.36 Å². The van der Waals surface area contributed by atoms with E-state index in [9.17, 15) is 22.8 Å². The van der Waals surface area contributed by atoms with E-state index < -0.39 is 23.6 Å². The summed E-state index contributed by atoms with van der Waals surface area (Å²) in [5.41, 5.74) is -0.689. The van der Waals surface area contributed by atoms with Gasteiger partial charge in [-0.25, -0.2) is 4.79 Å². The summed E-state index contributed by atoms with van der Waals surface area (Å²) in [7, 11) is 0. The lowest BCUT2D eigenvalue weighted by molar-refractivity contribution is -0.274. The molecular formula is C13H8F3NO4. The Bertz CT molecular complexity index is 737. The predicted octanol–water partition coefficient (Wildman–Crippen LogP) is 2.43. The van der Waals surface area contributed by atoms with E-state index in [4.69, 9.17) is 5.11 Å². The number of ether oxygens (including phenoxy) is 1. The van der Waals surface area contributed by atoms with Gasteiger partial charge in [-0.2, -0.15) is 0 Å². The SMILES string of the molecule is O=C(O)c1ccc(=O)n(-c2cccc(OC(F)(F)F)c2)c1. The van der Waals surface area contributed by atoms with Crippen LogP contribution in [-0.4, -0.2) is 22.0 Å². The van der Waals surface area contributed by atoms with Crippen molar-refractivity contribution in [3.8, 4) is 11.4 Å². The second-order valence-electron chi connectivity index (χ2n) is 3.98. The van der Waals surface area contributed by atoms with Crippen LogP contribution in [0.3, 0.4) is 0 Å². The molecule has 0 atom stereocenters. The molecule has 0 fully saturated rings. The third-order valence-electron chi connectivity index (χ3n) is 2.49. The molecule has 0 spiro atoms. The fraction of sp³-hybridized carbons (Fsp3) is 0.0769. The molecule has 2 aromatic rings. The van der Waals surface area contributed by atoms with Gasteiger partial charge >= 0.3 is 12.3 Å². The van der Waals surface area contributed by atoms with Crippen LogP contribution in [0.1, 0.15) is 10.4 Å². The first-order chi connectivity index (χ1) is 9.76. The van der Waals surface area contributed by atoms with Gasteiger partial charge in [-0.1, -0.05) is 6.07 Å². The number of rotatable bonds is 3. The standard InChI is InChI=1S/C13H8F3NO4/c14-13(15,16)21-10-3-1-2-9(6-10)17-7-8(12(19)20)4-5-11(17)18/h1-7H,(H,19,20). The van der Waals surface area contributed by atoms with Crippen LogP contribution >= 0.6 is 0 Å². The highest BCUT2D eigenvalue weighted by atomic mass is 19.4. The molecule has 0 radical (unpaired) electrons. The van der Waals surface area contributed by atoms with E-state index in [1.807, 2.05) is 0 Å².